The van der Waals surface area contributed by atoms with Crippen molar-refractivity contribution in [2.75, 3.05) is 16.9 Å². The predicted molar refractivity (Wildman–Crippen MR) is 117 cm³/mol. The van der Waals surface area contributed by atoms with Crippen LogP contribution in [0.1, 0.15) is 33.3 Å². The fourth-order valence-electron chi connectivity index (χ4n) is 3.35. The third kappa shape index (κ3) is 3.57. The van der Waals surface area contributed by atoms with Crippen molar-refractivity contribution < 1.29 is 18.7 Å². The molecule has 8 heteroatoms. The molecule has 2 aromatic rings. The van der Waals surface area contributed by atoms with E-state index in [0.717, 1.165) is 0 Å². The Morgan fingerprint density at radius 3 is 2.37 bits per heavy atom. The lowest BCUT2D eigenvalue weighted by Gasteiger charge is -2.29. The standard InChI is InChI=1S/C22H22FN3O3S/c1-13(2)29-18-9-8-16(10-17(18)23)26-21(30)25(20(27)22(26,3)4)15-7-6-14(12-24)19(11-15)28-5/h6-11,13H,1-5H3. The number of rotatable bonds is 5. The molecule has 0 bridgehead atoms. The van der Waals surface area contributed by atoms with Crippen LogP contribution >= 0.6 is 12.2 Å². The van der Waals surface area contributed by atoms with E-state index in [1.54, 1.807) is 43.0 Å². The molecule has 30 heavy (non-hydrogen) atoms. The van der Waals surface area contributed by atoms with Crippen LogP contribution in [0.2, 0.25) is 0 Å². The topological polar surface area (TPSA) is 65.8 Å². The van der Waals surface area contributed by atoms with Gasteiger partial charge in [-0.15, -0.1) is 0 Å². The molecule has 1 aliphatic heterocycles. The fraction of sp³-hybridized carbons (Fsp3) is 0.318. The second-order valence-corrected chi connectivity index (χ2v) is 7.96. The number of hydrogen-bond donors (Lipinski definition) is 0. The van der Waals surface area contributed by atoms with E-state index in [4.69, 9.17) is 21.7 Å². The highest BCUT2D eigenvalue weighted by Gasteiger charge is 2.50. The zero-order chi connectivity index (χ0) is 22.2. The van der Waals surface area contributed by atoms with Crippen molar-refractivity contribution in [3.8, 4) is 17.6 Å². The molecule has 1 fully saturated rings. The zero-order valence-corrected chi connectivity index (χ0v) is 18.2. The lowest BCUT2D eigenvalue weighted by Crippen LogP contribution is -2.44. The third-order valence-electron chi connectivity index (χ3n) is 4.77. The minimum Gasteiger partial charge on any atom is -0.495 e. The number of thiocarbonyl (C=S) groups is 1. The van der Waals surface area contributed by atoms with E-state index in [2.05, 4.69) is 0 Å². The van der Waals surface area contributed by atoms with Crippen LogP contribution < -0.4 is 19.3 Å². The lowest BCUT2D eigenvalue weighted by atomic mass is 10.0. The van der Waals surface area contributed by atoms with Gasteiger partial charge in [-0.3, -0.25) is 9.69 Å². The molecular formula is C22H22FN3O3S. The minimum atomic E-state index is -1.05. The summed E-state index contributed by atoms with van der Waals surface area (Å²) >= 11 is 5.61. The Hall–Kier alpha value is -3.18. The molecule has 156 valence electrons. The van der Waals surface area contributed by atoms with Crippen LogP contribution in [0.4, 0.5) is 15.8 Å². The quantitative estimate of drug-likeness (QED) is 0.659. The summed E-state index contributed by atoms with van der Waals surface area (Å²) in [7, 11) is 1.45. The second kappa shape index (κ2) is 7.92. The van der Waals surface area contributed by atoms with Gasteiger partial charge in [0.1, 0.15) is 17.4 Å². The van der Waals surface area contributed by atoms with Crippen molar-refractivity contribution in [1.29, 1.82) is 5.26 Å². The molecule has 0 unspecified atom stereocenters. The molecule has 0 aromatic heterocycles. The van der Waals surface area contributed by atoms with Crippen molar-refractivity contribution in [3.05, 3.63) is 47.8 Å². The van der Waals surface area contributed by atoms with Gasteiger partial charge in [-0.25, -0.2) is 4.39 Å². The van der Waals surface area contributed by atoms with E-state index in [0.29, 0.717) is 22.7 Å². The Labute approximate surface area is 180 Å². The summed E-state index contributed by atoms with van der Waals surface area (Å²) in [6.07, 6.45) is -0.168. The summed E-state index contributed by atoms with van der Waals surface area (Å²) in [4.78, 5) is 16.2. The van der Waals surface area contributed by atoms with E-state index >= 15 is 0 Å². The first kappa shape index (κ1) is 21.5. The molecule has 0 N–H and O–H groups in total. The van der Waals surface area contributed by atoms with Crippen molar-refractivity contribution in [2.45, 2.75) is 39.3 Å². The van der Waals surface area contributed by atoms with Crippen molar-refractivity contribution in [2.24, 2.45) is 0 Å². The van der Waals surface area contributed by atoms with Crippen LogP contribution in [0.25, 0.3) is 0 Å². The normalized spacial score (nSPS) is 15.5. The Morgan fingerprint density at radius 2 is 1.80 bits per heavy atom. The van der Waals surface area contributed by atoms with Gasteiger partial charge in [0.25, 0.3) is 5.91 Å². The number of benzene rings is 2. The maximum Gasteiger partial charge on any atom is 0.259 e. The number of amides is 1. The molecule has 1 aliphatic rings. The molecule has 0 aliphatic carbocycles. The number of carbonyl (C=O) groups is 1. The number of nitrogens with zero attached hydrogens (tertiary/aromatic N) is 3. The monoisotopic (exact) mass is 427 g/mol. The van der Waals surface area contributed by atoms with E-state index in [1.807, 2.05) is 19.9 Å². The lowest BCUT2D eigenvalue weighted by molar-refractivity contribution is -0.120. The largest absolute Gasteiger partial charge is 0.495 e. The van der Waals surface area contributed by atoms with Gasteiger partial charge in [0.15, 0.2) is 16.7 Å². The number of hydrogen-bond acceptors (Lipinski definition) is 5. The van der Waals surface area contributed by atoms with Crippen molar-refractivity contribution >= 4 is 34.6 Å². The van der Waals surface area contributed by atoms with E-state index in [-0.39, 0.29) is 22.9 Å². The van der Waals surface area contributed by atoms with Gasteiger partial charge in [0.05, 0.1) is 24.5 Å². The maximum atomic E-state index is 14.6. The molecule has 3 rings (SSSR count). The smallest absolute Gasteiger partial charge is 0.259 e. The predicted octanol–water partition coefficient (Wildman–Crippen LogP) is 4.41. The summed E-state index contributed by atoms with van der Waals surface area (Å²) in [5, 5.41) is 9.40. The van der Waals surface area contributed by atoms with Gasteiger partial charge in [0.2, 0.25) is 0 Å². The first-order valence-corrected chi connectivity index (χ1v) is 9.75. The van der Waals surface area contributed by atoms with Crippen molar-refractivity contribution in [3.63, 3.8) is 0 Å². The summed E-state index contributed by atoms with van der Waals surface area (Å²) in [6, 6.07) is 11.3. The highest BCUT2D eigenvalue weighted by molar-refractivity contribution is 7.81. The van der Waals surface area contributed by atoms with Crippen LogP contribution in [-0.2, 0) is 4.79 Å². The van der Waals surface area contributed by atoms with Crippen LogP contribution in [0.3, 0.4) is 0 Å². The summed E-state index contributed by atoms with van der Waals surface area (Å²) in [5.74, 6) is -0.340. The second-order valence-electron chi connectivity index (χ2n) is 7.60. The number of ether oxygens (including phenoxy) is 2. The summed E-state index contributed by atoms with van der Waals surface area (Å²) < 4.78 is 25.3. The number of halogens is 1. The highest BCUT2D eigenvalue weighted by atomic mass is 32.1. The first-order valence-electron chi connectivity index (χ1n) is 9.35. The summed E-state index contributed by atoms with van der Waals surface area (Å²) in [5.41, 5.74) is 0.204. The fourth-order valence-corrected chi connectivity index (χ4v) is 3.87. The Balaban J connectivity index is 2.03. The maximum absolute atomic E-state index is 14.6. The Kier molecular flexibility index (Phi) is 5.68. The van der Waals surface area contributed by atoms with Gasteiger partial charge < -0.3 is 14.4 Å². The molecule has 0 saturated carbocycles. The minimum absolute atomic E-state index is 0.136. The van der Waals surface area contributed by atoms with Crippen LogP contribution in [0.15, 0.2) is 36.4 Å². The van der Waals surface area contributed by atoms with Gasteiger partial charge in [-0.1, -0.05) is 0 Å². The average Bonchev–Trinajstić information content (AvgIpc) is 2.87. The molecule has 0 atom stereocenters. The average molecular weight is 428 g/mol. The Bertz CT molecular complexity index is 1060. The first-order chi connectivity index (χ1) is 14.1. The summed E-state index contributed by atoms with van der Waals surface area (Å²) in [6.45, 7) is 7.07. The molecule has 2 aromatic carbocycles. The number of anilines is 2. The molecule has 1 saturated heterocycles. The van der Waals surface area contributed by atoms with Gasteiger partial charge in [-0.2, -0.15) is 5.26 Å². The van der Waals surface area contributed by atoms with Crippen LogP contribution in [-0.4, -0.2) is 29.8 Å². The molecule has 1 amide bonds. The van der Waals surface area contributed by atoms with E-state index in [1.165, 1.54) is 24.1 Å². The molecule has 6 nitrogen and oxygen atoms in total. The van der Waals surface area contributed by atoms with Gasteiger partial charge in [-0.05, 0) is 64.2 Å². The highest BCUT2D eigenvalue weighted by Crippen LogP contribution is 2.38. The van der Waals surface area contributed by atoms with Crippen LogP contribution in [0, 0.1) is 17.1 Å². The van der Waals surface area contributed by atoms with E-state index in [9.17, 15) is 14.4 Å². The molecule has 1 heterocycles. The number of nitriles is 1. The van der Waals surface area contributed by atoms with Gasteiger partial charge >= 0.3 is 0 Å². The van der Waals surface area contributed by atoms with Crippen LogP contribution in [0.5, 0.6) is 11.5 Å². The number of carbonyl (C=O) groups excluding carboxylic acids is 1. The van der Waals surface area contributed by atoms with E-state index < -0.39 is 11.4 Å². The van der Waals surface area contributed by atoms with Crippen molar-refractivity contribution in [1.82, 2.24) is 0 Å². The number of methoxy groups -OCH3 is 1. The SMILES string of the molecule is COc1cc(N2C(=O)C(C)(C)N(c3ccc(OC(C)C)c(F)c3)C2=S)ccc1C#N. The zero-order valence-electron chi connectivity index (χ0n) is 17.4. The molecule has 0 spiro atoms. The molecule has 0 radical (unpaired) electrons. The Morgan fingerprint density at radius 1 is 1.13 bits per heavy atom. The molecular weight excluding hydrogens is 405 g/mol. The third-order valence-corrected chi connectivity index (χ3v) is 5.13. The van der Waals surface area contributed by atoms with Gasteiger partial charge in [0, 0.05) is 17.8 Å².